The SMILES string of the molecule is COc1ccccc1CCN1C(=O)N[C@H](CCC(=O)NCc2ccccn2)C1=O. The molecule has 8 heteroatoms. The van der Waals surface area contributed by atoms with Gasteiger partial charge in [0.15, 0.2) is 0 Å². The highest BCUT2D eigenvalue weighted by Gasteiger charge is 2.37. The molecule has 1 atom stereocenters. The number of hydrogen-bond donors (Lipinski definition) is 2. The molecule has 8 nitrogen and oxygen atoms in total. The van der Waals surface area contributed by atoms with Crippen LogP contribution in [0, 0.1) is 0 Å². The van der Waals surface area contributed by atoms with Crippen molar-refractivity contribution in [3.63, 3.8) is 0 Å². The van der Waals surface area contributed by atoms with E-state index in [0.717, 1.165) is 17.0 Å². The Morgan fingerprint density at radius 1 is 1.21 bits per heavy atom. The molecular weight excluding hydrogens is 372 g/mol. The second-order valence-corrected chi connectivity index (χ2v) is 6.69. The van der Waals surface area contributed by atoms with Gasteiger partial charge in [0, 0.05) is 19.2 Å². The summed E-state index contributed by atoms with van der Waals surface area (Å²) in [4.78, 5) is 42.1. The zero-order valence-electron chi connectivity index (χ0n) is 16.3. The summed E-state index contributed by atoms with van der Waals surface area (Å²) in [5.41, 5.74) is 1.68. The molecule has 29 heavy (non-hydrogen) atoms. The van der Waals surface area contributed by atoms with E-state index in [-0.39, 0.29) is 31.2 Å². The number of pyridine rings is 1. The first-order valence-electron chi connectivity index (χ1n) is 9.49. The number of urea groups is 1. The molecule has 1 aromatic carbocycles. The topological polar surface area (TPSA) is 101 Å². The Bertz CT molecular complexity index is 872. The van der Waals surface area contributed by atoms with Gasteiger partial charge in [0.05, 0.1) is 19.3 Å². The second-order valence-electron chi connectivity index (χ2n) is 6.69. The highest BCUT2D eigenvalue weighted by molar-refractivity contribution is 6.04. The van der Waals surface area contributed by atoms with Crippen molar-refractivity contribution in [1.82, 2.24) is 20.5 Å². The average molecular weight is 396 g/mol. The predicted octanol–water partition coefficient (Wildman–Crippen LogP) is 1.65. The minimum atomic E-state index is -0.680. The number of ether oxygens (including phenoxy) is 1. The Balaban J connectivity index is 1.46. The zero-order valence-corrected chi connectivity index (χ0v) is 16.3. The molecule has 152 valence electrons. The van der Waals surface area contributed by atoms with E-state index < -0.39 is 12.1 Å². The second kappa shape index (κ2) is 9.68. The third kappa shape index (κ3) is 5.31. The van der Waals surface area contributed by atoms with Gasteiger partial charge in [-0.05, 0) is 36.6 Å². The number of nitrogens with one attached hydrogen (secondary N) is 2. The fourth-order valence-corrected chi connectivity index (χ4v) is 3.18. The Labute approximate surface area is 169 Å². The number of rotatable bonds is 9. The van der Waals surface area contributed by atoms with Gasteiger partial charge in [-0.1, -0.05) is 24.3 Å². The van der Waals surface area contributed by atoms with Crippen molar-refractivity contribution >= 4 is 17.8 Å². The van der Waals surface area contributed by atoms with Gasteiger partial charge in [0.2, 0.25) is 5.91 Å². The van der Waals surface area contributed by atoms with Crippen molar-refractivity contribution in [2.24, 2.45) is 0 Å². The molecule has 0 unspecified atom stereocenters. The molecule has 0 spiro atoms. The standard InChI is InChI=1S/C21H24N4O4/c1-29-18-8-3-2-6-15(18)11-13-25-20(27)17(24-21(25)28)9-10-19(26)23-14-16-7-4-5-12-22-16/h2-8,12,17H,9-11,13-14H2,1H3,(H,23,26)(H,24,28)/t17-/m1/s1. The van der Waals surface area contributed by atoms with Gasteiger partial charge >= 0.3 is 6.03 Å². The van der Waals surface area contributed by atoms with Crippen molar-refractivity contribution in [3.05, 3.63) is 59.9 Å². The first-order valence-corrected chi connectivity index (χ1v) is 9.49. The average Bonchev–Trinajstić information content (AvgIpc) is 3.02. The molecule has 1 saturated heterocycles. The van der Waals surface area contributed by atoms with Crippen LogP contribution in [-0.4, -0.2) is 47.4 Å². The number of benzene rings is 1. The van der Waals surface area contributed by atoms with Crippen molar-refractivity contribution in [3.8, 4) is 5.75 Å². The molecule has 1 aliphatic heterocycles. The summed E-state index contributed by atoms with van der Waals surface area (Å²) in [5, 5.41) is 5.43. The third-order valence-electron chi connectivity index (χ3n) is 4.76. The van der Waals surface area contributed by atoms with Crippen LogP contribution in [0.15, 0.2) is 48.7 Å². The van der Waals surface area contributed by atoms with Gasteiger partial charge in [-0.2, -0.15) is 0 Å². The largest absolute Gasteiger partial charge is 0.496 e. The molecule has 0 saturated carbocycles. The van der Waals surface area contributed by atoms with Gasteiger partial charge in [0.1, 0.15) is 11.8 Å². The number of imide groups is 1. The third-order valence-corrected chi connectivity index (χ3v) is 4.76. The fourth-order valence-electron chi connectivity index (χ4n) is 3.18. The molecule has 4 amide bonds. The van der Waals surface area contributed by atoms with Gasteiger partial charge < -0.3 is 15.4 Å². The molecule has 2 N–H and O–H groups in total. The summed E-state index contributed by atoms with van der Waals surface area (Å²) in [6.45, 7) is 0.586. The van der Waals surface area contributed by atoms with Gasteiger partial charge in [-0.3, -0.25) is 19.5 Å². The van der Waals surface area contributed by atoms with Crippen LogP contribution in [0.4, 0.5) is 4.79 Å². The smallest absolute Gasteiger partial charge is 0.324 e. The lowest BCUT2D eigenvalue weighted by atomic mass is 10.1. The number of carbonyl (C=O) groups is 3. The van der Waals surface area contributed by atoms with Crippen LogP contribution >= 0.6 is 0 Å². The predicted molar refractivity (Wildman–Crippen MR) is 106 cm³/mol. The van der Waals surface area contributed by atoms with Crippen LogP contribution in [-0.2, 0) is 22.6 Å². The lowest BCUT2D eigenvalue weighted by Crippen LogP contribution is -2.34. The highest BCUT2D eigenvalue weighted by Crippen LogP contribution is 2.19. The normalized spacial score (nSPS) is 15.9. The maximum Gasteiger partial charge on any atom is 0.324 e. The molecule has 3 rings (SSSR count). The van der Waals surface area contributed by atoms with E-state index in [1.165, 1.54) is 4.90 Å². The zero-order chi connectivity index (χ0) is 20.6. The van der Waals surface area contributed by atoms with Crippen LogP contribution in [0.2, 0.25) is 0 Å². The van der Waals surface area contributed by atoms with Crippen molar-refractivity contribution in [1.29, 1.82) is 0 Å². The van der Waals surface area contributed by atoms with E-state index in [2.05, 4.69) is 15.6 Å². The number of carbonyl (C=O) groups excluding carboxylic acids is 3. The number of aromatic nitrogens is 1. The monoisotopic (exact) mass is 396 g/mol. The van der Waals surface area contributed by atoms with Crippen molar-refractivity contribution < 1.29 is 19.1 Å². The number of nitrogens with zero attached hydrogens (tertiary/aromatic N) is 2. The molecule has 1 aliphatic rings. The fraction of sp³-hybridized carbons (Fsp3) is 0.333. The molecule has 0 radical (unpaired) electrons. The van der Waals surface area contributed by atoms with E-state index in [1.807, 2.05) is 36.4 Å². The number of methoxy groups -OCH3 is 1. The van der Waals surface area contributed by atoms with Crippen molar-refractivity contribution in [2.75, 3.05) is 13.7 Å². The van der Waals surface area contributed by atoms with Gasteiger partial charge in [0.25, 0.3) is 5.91 Å². The molecule has 0 aliphatic carbocycles. The van der Waals surface area contributed by atoms with E-state index in [4.69, 9.17) is 4.74 Å². The Morgan fingerprint density at radius 2 is 2.00 bits per heavy atom. The van der Waals surface area contributed by atoms with E-state index in [1.54, 1.807) is 19.4 Å². The van der Waals surface area contributed by atoms with Crippen LogP contribution < -0.4 is 15.4 Å². The first kappa shape index (κ1) is 20.3. The Morgan fingerprint density at radius 3 is 2.76 bits per heavy atom. The number of amides is 4. The minimum absolute atomic E-state index is 0.143. The first-order chi connectivity index (χ1) is 14.1. The number of hydrogen-bond acceptors (Lipinski definition) is 5. The van der Waals surface area contributed by atoms with Crippen LogP contribution in [0.3, 0.4) is 0 Å². The quantitative estimate of drug-likeness (QED) is 0.628. The maximum atomic E-state index is 12.6. The summed E-state index contributed by atoms with van der Waals surface area (Å²) < 4.78 is 5.30. The van der Waals surface area contributed by atoms with E-state index in [0.29, 0.717) is 13.0 Å². The number of para-hydroxylation sites is 1. The summed E-state index contributed by atoms with van der Waals surface area (Å²) in [6.07, 6.45) is 2.56. The molecule has 2 aromatic rings. The molecule has 1 fully saturated rings. The van der Waals surface area contributed by atoms with Crippen LogP contribution in [0.25, 0.3) is 0 Å². The maximum absolute atomic E-state index is 12.6. The summed E-state index contributed by atoms with van der Waals surface area (Å²) in [6, 6.07) is 11.9. The van der Waals surface area contributed by atoms with Gasteiger partial charge in [-0.25, -0.2) is 4.79 Å². The van der Waals surface area contributed by atoms with Crippen LogP contribution in [0.1, 0.15) is 24.1 Å². The van der Waals surface area contributed by atoms with Crippen LogP contribution in [0.5, 0.6) is 5.75 Å². The van der Waals surface area contributed by atoms with Crippen molar-refractivity contribution in [2.45, 2.75) is 31.8 Å². The Hall–Kier alpha value is -3.42. The molecule has 0 bridgehead atoms. The Kier molecular flexibility index (Phi) is 6.78. The summed E-state index contributed by atoms with van der Waals surface area (Å²) in [5.74, 6) is 0.230. The lowest BCUT2D eigenvalue weighted by Gasteiger charge is -2.14. The highest BCUT2D eigenvalue weighted by atomic mass is 16.5. The molecular formula is C21H24N4O4. The minimum Gasteiger partial charge on any atom is -0.496 e. The molecule has 2 heterocycles. The van der Waals surface area contributed by atoms with E-state index >= 15 is 0 Å². The van der Waals surface area contributed by atoms with E-state index in [9.17, 15) is 14.4 Å². The lowest BCUT2D eigenvalue weighted by molar-refractivity contribution is -0.127. The summed E-state index contributed by atoms with van der Waals surface area (Å²) >= 11 is 0. The van der Waals surface area contributed by atoms with Gasteiger partial charge in [-0.15, -0.1) is 0 Å². The molecule has 1 aromatic heterocycles. The summed E-state index contributed by atoms with van der Waals surface area (Å²) in [7, 11) is 1.58.